The van der Waals surface area contributed by atoms with Crippen LogP contribution in [-0.2, 0) is 13.0 Å². The van der Waals surface area contributed by atoms with Crippen molar-refractivity contribution in [2.24, 2.45) is 4.99 Å². The second-order valence-corrected chi connectivity index (χ2v) is 7.12. The van der Waals surface area contributed by atoms with Gasteiger partial charge in [-0.15, -0.1) is 24.0 Å². The lowest BCUT2D eigenvalue weighted by atomic mass is 9.99. The molecule has 0 amide bonds. The van der Waals surface area contributed by atoms with Crippen molar-refractivity contribution in [2.45, 2.75) is 38.8 Å². The fourth-order valence-corrected chi connectivity index (χ4v) is 3.89. The summed E-state index contributed by atoms with van der Waals surface area (Å²) < 4.78 is 10.9. The van der Waals surface area contributed by atoms with E-state index >= 15 is 0 Å². The number of rotatable bonds is 5. The molecule has 6 nitrogen and oxygen atoms in total. The van der Waals surface area contributed by atoms with E-state index in [-0.39, 0.29) is 24.0 Å². The number of ether oxygens (including phenoxy) is 2. The van der Waals surface area contributed by atoms with E-state index in [1.165, 1.54) is 30.5 Å². The number of benzene rings is 1. The third-order valence-electron chi connectivity index (χ3n) is 5.48. The molecule has 2 aliphatic heterocycles. The zero-order valence-corrected chi connectivity index (χ0v) is 19.3. The van der Waals surface area contributed by atoms with Crippen LogP contribution in [0.15, 0.2) is 17.1 Å². The Morgan fingerprint density at radius 2 is 1.89 bits per heavy atom. The summed E-state index contributed by atoms with van der Waals surface area (Å²) >= 11 is 0. The van der Waals surface area contributed by atoms with Crippen LogP contribution in [0.5, 0.6) is 11.5 Å². The Kier molecular flexibility index (Phi) is 8.47. The van der Waals surface area contributed by atoms with Crippen LogP contribution in [0, 0.1) is 0 Å². The maximum Gasteiger partial charge on any atom is 0.194 e. The monoisotopic (exact) mass is 488 g/mol. The maximum atomic E-state index is 5.48. The number of methoxy groups -OCH3 is 2. The van der Waals surface area contributed by atoms with Crippen molar-refractivity contribution in [1.82, 2.24) is 15.1 Å². The molecule has 1 fully saturated rings. The predicted molar refractivity (Wildman–Crippen MR) is 121 cm³/mol. The third kappa shape index (κ3) is 5.19. The number of hydrogen-bond donors (Lipinski definition) is 1. The first-order valence-corrected chi connectivity index (χ1v) is 9.63. The van der Waals surface area contributed by atoms with Crippen molar-refractivity contribution in [3.8, 4) is 11.5 Å². The van der Waals surface area contributed by atoms with Crippen molar-refractivity contribution in [1.29, 1.82) is 0 Å². The van der Waals surface area contributed by atoms with Crippen LogP contribution in [0.3, 0.4) is 0 Å². The van der Waals surface area contributed by atoms with Crippen molar-refractivity contribution < 1.29 is 9.47 Å². The molecule has 1 unspecified atom stereocenters. The minimum atomic E-state index is 0. The highest BCUT2D eigenvalue weighted by molar-refractivity contribution is 14.0. The van der Waals surface area contributed by atoms with Gasteiger partial charge in [0.1, 0.15) is 0 Å². The lowest BCUT2D eigenvalue weighted by Crippen LogP contribution is -2.44. The molecule has 0 saturated carbocycles. The standard InChI is InChI=1S/C20H32N4O2.HI/c1-5-21-20(22-13-17-7-6-9-23(17)2)24-10-8-15-11-18(25-3)19(26-4)12-16(15)14-24;/h11-12,17H,5-10,13-14H2,1-4H3,(H,21,22);1H. The molecule has 2 aliphatic rings. The highest BCUT2D eigenvalue weighted by Crippen LogP contribution is 2.33. The number of aliphatic imine (C=N–C) groups is 1. The van der Waals surface area contributed by atoms with Crippen LogP contribution in [0.2, 0.25) is 0 Å². The summed E-state index contributed by atoms with van der Waals surface area (Å²) in [5, 5.41) is 3.47. The minimum Gasteiger partial charge on any atom is -0.493 e. The van der Waals surface area contributed by atoms with Crippen LogP contribution in [0.1, 0.15) is 30.9 Å². The summed E-state index contributed by atoms with van der Waals surface area (Å²) in [5.41, 5.74) is 2.63. The van der Waals surface area contributed by atoms with Gasteiger partial charge < -0.3 is 24.6 Å². The Labute approximate surface area is 180 Å². The molecule has 1 N–H and O–H groups in total. The maximum absolute atomic E-state index is 5.48. The number of likely N-dealkylation sites (N-methyl/N-ethyl adjacent to an activating group) is 1. The number of fused-ring (bicyclic) bond motifs is 1. The molecule has 27 heavy (non-hydrogen) atoms. The summed E-state index contributed by atoms with van der Waals surface area (Å²) in [7, 11) is 5.58. The Balaban J connectivity index is 0.00000261. The van der Waals surface area contributed by atoms with Gasteiger partial charge in [-0.25, -0.2) is 0 Å². The van der Waals surface area contributed by atoms with Crippen molar-refractivity contribution >= 4 is 29.9 Å². The number of likely N-dealkylation sites (tertiary alicyclic amines) is 1. The average molecular weight is 488 g/mol. The number of hydrogen-bond acceptors (Lipinski definition) is 4. The summed E-state index contributed by atoms with van der Waals surface area (Å²) in [5.74, 6) is 2.63. The van der Waals surface area contributed by atoms with Gasteiger partial charge in [0.2, 0.25) is 0 Å². The van der Waals surface area contributed by atoms with E-state index in [2.05, 4.69) is 41.2 Å². The topological polar surface area (TPSA) is 49.3 Å². The summed E-state index contributed by atoms with van der Waals surface area (Å²) in [6.45, 7) is 6.89. The van der Waals surface area contributed by atoms with Gasteiger partial charge in [0.15, 0.2) is 17.5 Å². The zero-order valence-electron chi connectivity index (χ0n) is 17.0. The predicted octanol–water partition coefficient (Wildman–Crippen LogP) is 2.74. The Hall–Kier alpha value is -1.22. The lowest BCUT2D eigenvalue weighted by molar-refractivity contribution is 0.314. The normalized spacial score (nSPS) is 20.1. The van der Waals surface area contributed by atoms with Gasteiger partial charge in [-0.1, -0.05) is 0 Å². The average Bonchev–Trinajstić information content (AvgIpc) is 3.08. The van der Waals surface area contributed by atoms with Crippen molar-refractivity contribution in [3.63, 3.8) is 0 Å². The van der Waals surface area contributed by atoms with E-state index in [0.29, 0.717) is 6.04 Å². The molecule has 0 radical (unpaired) electrons. The van der Waals surface area contributed by atoms with E-state index in [4.69, 9.17) is 14.5 Å². The number of nitrogens with one attached hydrogen (secondary N) is 1. The summed E-state index contributed by atoms with van der Waals surface area (Å²) in [6, 6.07) is 4.79. The van der Waals surface area contributed by atoms with Gasteiger partial charge in [-0.3, -0.25) is 4.99 Å². The second kappa shape index (κ2) is 10.4. The molecule has 2 heterocycles. The lowest BCUT2D eigenvalue weighted by Gasteiger charge is -2.32. The largest absolute Gasteiger partial charge is 0.493 e. The third-order valence-corrected chi connectivity index (χ3v) is 5.48. The Morgan fingerprint density at radius 1 is 1.19 bits per heavy atom. The molecular formula is C20H33IN4O2. The summed E-state index contributed by atoms with van der Waals surface area (Å²) in [6.07, 6.45) is 3.52. The zero-order chi connectivity index (χ0) is 18.5. The van der Waals surface area contributed by atoms with Crippen LogP contribution in [0.25, 0.3) is 0 Å². The molecule has 3 rings (SSSR count). The fourth-order valence-electron chi connectivity index (χ4n) is 3.89. The molecule has 1 aromatic rings. The van der Waals surface area contributed by atoms with Crippen LogP contribution < -0.4 is 14.8 Å². The molecule has 0 aromatic heterocycles. The Bertz CT molecular complexity index is 653. The molecule has 1 atom stereocenters. The Morgan fingerprint density at radius 3 is 2.48 bits per heavy atom. The molecule has 152 valence electrons. The highest BCUT2D eigenvalue weighted by Gasteiger charge is 2.24. The van der Waals surface area contributed by atoms with E-state index < -0.39 is 0 Å². The van der Waals surface area contributed by atoms with E-state index in [1.807, 2.05) is 0 Å². The van der Waals surface area contributed by atoms with Gasteiger partial charge in [-0.2, -0.15) is 0 Å². The van der Waals surface area contributed by atoms with Crippen LogP contribution >= 0.6 is 24.0 Å². The number of halogens is 1. The van der Waals surface area contributed by atoms with Gasteiger partial charge in [-0.05, 0) is 63.0 Å². The molecule has 1 aromatic carbocycles. The van der Waals surface area contributed by atoms with E-state index in [9.17, 15) is 0 Å². The molecule has 7 heteroatoms. The van der Waals surface area contributed by atoms with Gasteiger partial charge >= 0.3 is 0 Å². The molecule has 0 spiro atoms. The van der Waals surface area contributed by atoms with Crippen molar-refractivity contribution in [3.05, 3.63) is 23.3 Å². The van der Waals surface area contributed by atoms with E-state index in [1.54, 1.807) is 14.2 Å². The van der Waals surface area contributed by atoms with E-state index in [0.717, 1.165) is 50.1 Å². The quantitative estimate of drug-likeness (QED) is 0.393. The minimum absolute atomic E-state index is 0. The van der Waals surface area contributed by atoms with Crippen molar-refractivity contribution in [2.75, 3.05) is 47.4 Å². The SMILES string of the molecule is CCNC(=NCC1CCCN1C)N1CCc2cc(OC)c(OC)cc2C1.I. The highest BCUT2D eigenvalue weighted by atomic mass is 127. The smallest absolute Gasteiger partial charge is 0.194 e. The first-order chi connectivity index (χ1) is 12.7. The van der Waals surface area contributed by atoms with Gasteiger partial charge in [0.05, 0.1) is 20.8 Å². The molecule has 0 bridgehead atoms. The first kappa shape index (κ1) is 22.1. The second-order valence-electron chi connectivity index (χ2n) is 7.12. The van der Waals surface area contributed by atoms with Gasteiger partial charge in [0, 0.05) is 25.7 Å². The molecule has 1 saturated heterocycles. The first-order valence-electron chi connectivity index (χ1n) is 9.63. The van der Waals surface area contributed by atoms with Gasteiger partial charge in [0.25, 0.3) is 0 Å². The fraction of sp³-hybridized carbons (Fsp3) is 0.650. The molecule has 0 aliphatic carbocycles. The van der Waals surface area contributed by atoms with Crippen LogP contribution in [-0.4, -0.2) is 69.2 Å². The summed E-state index contributed by atoms with van der Waals surface area (Å²) in [4.78, 5) is 9.73. The molecular weight excluding hydrogens is 455 g/mol. The van der Waals surface area contributed by atoms with Crippen LogP contribution in [0.4, 0.5) is 0 Å². The number of guanidine groups is 1. The number of nitrogens with zero attached hydrogens (tertiary/aromatic N) is 3.